The van der Waals surface area contributed by atoms with E-state index < -0.39 is 0 Å². The Morgan fingerprint density at radius 2 is 0.424 bits per heavy atom. The third-order valence-electron chi connectivity index (χ3n) is 22.6. The lowest BCUT2D eigenvalue weighted by atomic mass is 9.68. The van der Waals surface area contributed by atoms with E-state index >= 15 is 0 Å². The molecule has 0 radical (unpaired) electrons. The van der Waals surface area contributed by atoms with Gasteiger partial charge in [-0.25, -0.2) is 9.26 Å². The summed E-state index contributed by atoms with van der Waals surface area (Å²) in [5.41, 5.74) is 15.0. The van der Waals surface area contributed by atoms with Crippen LogP contribution in [0, 0.1) is 7.14 Å². The first kappa shape index (κ1) is 77.3. The summed E-state index contributed by atoms with van der Waals surface area (Å²) in [7, 11) is 0. The quantitative estimate of drug-likeness (QED) is 0.0285. The number of unbranched alkanes of at least 4 members (excludes halogenated alkanes) is 52. The fourth-order valence-corrected chi connectivity index (χ4v) is 18.3. The first-order valence-corrected chi connectivity index (χ1v) is 42.7. The van der Waals surface area contributed by atoms with Gasteiger partial charge >= 0.3 is 0 Å². The molecule has 7 rings (SSSR count). The number of nitrogens with zero attached hydrogens (tertiary/aromatic N) is 4. The average molecular weight is 1490 g/mol. The Morgan fingerprint density at radius 3 is 0.630 bits per heavy atom. The maximum Gasteiger partial charge on any atom is 0.149 e. The smallest absolute Gasteiger partial charge is 0.149 e. The van der Waals surface area contributed by atoms with Crippen LogP contribution in [0.5, 0.6) is 0 Å². The highest BCUT2D eigenvalue weighted by atomic mass is 127. The van der Waals surface area contributed by atoms with Crippen molar-refractivity contribution in [2.75, 3.05) is 0 Å². The molecule has 0 spiro atoms. The minimum absolute atomic E-state index is 0.125. The highest BCUT2D eigenvalue weighted by Crippen LogP contribution is 2.63. The van der Waals surface area contributed by atoms with Gasteiger partial charge in [-0.15, -0.1) is 0 Å². The van der Waals surface area contributed by atoms with Crippen LogP contribution in [0.4, 0.5) is 0 Å². The second-order valence-corrected chi connectivity index (χ2v) is 32.3. The van der Waals surface area contributed by atoms with E-state index in [0.29, 0.717) is 0 Å². The number of rotatable bonds is 60. The molecule has 0 amide bonds. The van der Waals surface area contributed by atoms with Gasteiger partial charge in [0.15, 0.2) is 0 Å². The molecule has 6 nitrogen and oxygen atoms in total. The molecule has 5 aromatic rings. The molecule has 2 heterocycles. The lowest BCUT2D eigenvalue weighted by molar-refractivity contribution is 0.315. The number of fused-ring (bicyclic) bond motifs is 10. The number of hydrogen-bond acceptors (Lipinski definition) is 6. The van der Waals surface area contributed by atoms with Gasteiger partial charge in [-0.2, -0.15) is 0 Å². The maximum atomic E-state index is 5.80. The van der Waals surface area contributed by atoms with Gasteiger partial charge in [0.2, 0.25) is 0 Å². The fraction of sp³-hybridized carbons (Fsp3) is 0.786. The summed E-state index contributed by atoms with van der Waals surface area (Å²) in [6.45, 7) is 9.30. The van der Waals surface area contributed by atoms with Gasteiger partial charge in [-0.3, -0.25) is 0 Å². The standard InChI is InChI=1S/C84H136I2N4O2/c1-5-9-13-17-21-25-29-33-37-41-45-49-53-57-61-83(62-58-54-50-46-42-38-34-30-26-22-18-14-10-6-2)71-65-70-72(66-69(71)77-73(83)67-75(85)79-81(77)89-91-87-79)84(74-68-76(86)80-82(78(70)74)90-92-88-80,63-59-55-51-47-43-39-35-31-27-23-19-15-11-7-3)64-60-56-52-48-44-40-36-32-28-24-20-16-12-8-4/h65-68H,5-64H2,1-4H3. The molecule has 2 aliphatic rings. The zero-order valence-corrected chi connectivity index (χ0v) is 64.4. The van der Waals surface area contributed by atoms with Crippen LogP contribution in [0.1, 0.15) is 435 Å². The second-order valence-electron chi connectivity index (χ2n) is 30.0. The van der Waals surface area contributed by atoms with E-state index in [4.69, 9.17) is 19.6 Å². The molecule has 0 aliphatic heterocycles. The summed E-state index contributed by atoms with van der Waals surface area (Å²) in [5, 5.41) is 19.1. The van der Waals surface area contributed by atoms with E-state index in [9.17, 15) is 0 Å². The lowest BCUT2D eigenvalue weighted by Gasteiger charge is -2.35. The molecule has 0 saturated carbocycles. The van der Waals surface area contributed by atoms with Crippen molar-refractivity contribution in [3.05, 3.63) is 53.7 Å². The first-order valence-electron chi connectivity index (χ1n) is 40.6. The third-order valence-corrected chi connectivity index (χ3v) is 24.2. The lowest BCUT2D eigenvalue weighted by Crippen LogP contribution is -2.27. The molecule has 0 bridgehead atoms. The molecule has 92 heavy (non-hydrogen) atoms. The van der Waals surface area contributed by atoms with Gasteiger partial charge < -0.3 is 0 Å². The molecule has 8 heteroatoms. The molecule has 0 unspecified atom stereocenters. The average Bonchev–Trinajstić information content (AvgIpc) is 1.52. The van der Waals surface area contributed by atoms with Crippen molar-refractivity contribution in [3.8, 4) is 22.3 Å². The highest BCUT2D eigenvalue weighted by Gasteiger charge is 2.50. The number of hydrogen-bond donors (Lipinski definition) is 0. The summed E-state index contributed by atoms with van der Waals surface area (Å²) in [5.74, 6) is 0. The van der Waals surface area contributed by atoms with Gasteiger partial charge in [0.1, 0.15) is 22.1 Å². The third kappa shape index (κ3) is 24.1. The van der Waals surface area contributed by atoms with Crippen LogP contribution in [0.2, 0.25) is 0 Å². The number of benzene rings is 3. The van der Waals surface area contributed by atoms with Crippen LogP contribution >= 0.6 is 45.2 Å². The van der Waals surface area contributed by atoms with Gasteiger partial charge in [0.05, 0.1) is 0 Å². The Kier molecular flexibility index (Phi) is 38.8. The largest absolute Gasteiger partial charge is 0.243 e. The molecular weight excluding hydrogens is 1350 g/mol. The second kappa shape index (κ2) is 46.2. The van der Waals surface area contributed by atoms with Crippen LogP contribution in [0.25, 0.3) is 44.3 Å². The number of aromatic nitrogens is 4. The molecule has 0 fully saturated rings. The van der Waals surface area contributed by atoms with Crippen LogP contribution < -0.4 is 0 Å². The summed E-state index contributed by atoms with van der Waals surface area (Å²) in [6, 6.07) is 10.6. The molecule has 2 aromatic heterocycles. The minimum atomic E-state index is -0.125. The van der Waals surface area contributed by atoms with Crippen LogP contribution in [0.15, 0.2) is 33.5 Å². The van der Waals surface area contributed by atoms with Crippen molar-refractivity contribution in [1.82, 2.24) is 20.6 Å². The topological polar surface area (TPSA) is 77.8 Å². The zero-order valence-electron chi connectivity index (χ0n) is 60.1. The predicted octanol–water partition coefficient (Wildman–Crippen LogP) is 30.0. The summed E-state index contributed by atoms with van der Waals surface area (Å²) in [6.07, 6.45) is 82.0. The van der Waals surface area contributed by atoms with E-state index in [0.717, 1.165) is 22.1 Å². The van der Waals surface area contributed by atoms with E-state index in [-0.39, 0.29) is 10.8 Å². The molecule has 2 aliphatic carbocycles. The SMILES string of the molecule is CCCCCCCCCCCCCCCCC1(CCCCCCCCCCCCCCCC)c2cc3c(cc2-c2c1cc(I)c1nonc21)C(CCCCCCCCCCCCCCCC)(CCCCCCCCCCCCCCCC)c1cc(I)c2nonc2c1-3. The summed E-state index contributed by atoms with van der Waals surface area (Å²) >= 11 is 5.12. The van der Waals surface area contributed by atoms with Crippen molar-refractivity contribution in [2.24, 2.45) is 0 Å². The molecule has 0 N–H and O–H groups in total. The van der Waals surface area contributed by atoms with Crippen LogP contribution in [0.3, 0.4) is 0 Å². The predicted molar refractivity (Wildman–Crippen MR) is 415 cm³/mol. The Bertz CT molecular complexity index is 2480. The first-order chi connectivity index (χ1) is 45.5. The monoisotopic (exact) mass is 1490 g/mol. The van der Waals surface area contributed by atoms with E-state index in [1.54, 1.807) is 0 Å². The van der Waals surface area contributed by atoms with Crippen molar-refractivity contribution < 1.29 is 9.26 Å². The maximum absolute atomic E-state index is 5.80. The minimum Gasteiger partial charge on any atom is -0.243 e. The van der Waals surface area contributed by atoms with Crippen molar-refractivity contribution in [3.63, 3.8) is 0 Å². The van der Waals surface area contributed by atoms with Gasteiger partial charge in [0.25, 0.3) is 0 Å². The van der Waals surface area contributed by atoms with E-state index in [1.807, 2.05) is 0 Å². The van der Waals surface area contributed by atoms with Crippen molar-refractivity contribution in [2.45, 2.75) is 424 Å². The Labute approximate surface area is 592 Å². The van der Waals surface area contributed by atoms with Crippen molar-refractivity contribution >= 4 is 67.2 Å². The molecule has 3 aromatic carbocycles. The summed E-state index contributed by atoms with van der Waals surface area (Å²) < 4.78 is 13.9. The number of halogens is 2. The van der Waals surface area contributed by atoms with E-state index in [1.165, 1.54) is 437 Å². The molecular formula is C84H136I2N4O2. The molecule has 518 valence electrons. The van der Waals surface area contributed by atoms with Gasteiger partial charge in [-0.05, 0) is 149 Å². The van der Waals surface area contributed by atoms with Crippen molar-refractivity contribution in [1.29, 1.82) is 0 Å². The Morgan fingerprint density at radius 1 is 0.239 bits per heavy atom. The fourth-order valence-electron chi connectivity index (χ4n) is 17.0. The van der Waals surface area contributed by atoms with Crippen LogP contribution in [-0.2, 0) is 10.8 Å². The van der Waals surface area contributed by atoms with Gasteiger partial charge in [0, 0.05) is 29.1 Å². The normalized spacial score (nSPS) is 13.7. The van der Waals surface area contributed by atoms with E-state index in [2.05, 4.69) is 107 Å². The Balaban J connectivity index is 1.14. The van der Waals surface area contributed by atoms with Gasteiger partial charge in [-0.1, -0.05) is 387 Å². The molecule has 0 saturated heterocycles. The van der Waals surface area contributed by atoms with Crippen LogP contribution in [-0.4, -0.2) is 20.6 Å². The Hall–Kier alpha value is -2.08. The molecule has 0 atom stereocenters. The highest BCUT2D eigenvalue weighted by molar-refractivity contribution is 14.1. The zero-order chi connectivity index (χ0) is 64.6. The summed E-state index contributed by atoms with van der Waals surface area (Å²) in [4.78, 5) is 0.